The van der Waals surface area contributed by atoms with Crippen molar-refractivity contribution >= 4 is 5.82 Å². The number of pyridine rings is 1. The fourth-order valence-corrected chi connectivity index (χ4v) is 2.65. The Hall–Kier alpha value is -1.58. The first-order chi connectivity index (χ1) is 9.76. The summed E-state index contributed by atoms with van der Waals surface area (Å²) in [5.74, 6) is 0.367. The van der Waals surface area contributed by atoms with Crippen LogP contribution in [0.25, 0.3) is 0 Å². The van der Waals surface area contributed by atoms with Crippen molar-refractivity contribution in [2.75, 3.05) is 31.1 Å². The number of allylic oxidation sites excluding steroid dienone is 1. The van der Waals surface area contributed by atoms with Gasteiger partial charge in [-0.3, -0.25) is 0 Å². The Bertz CT molecular complexity index is 511. The summed E-state index contributed by atoms with van der Waals surface area (Å²) >= 11 is 0. The van der Waals surface area contributed by atoms with Crippen molar-refractivity contribution in [3.05, 3.63) is 35.9 Å². The molecule has 0 N–H and O–H groups in total. The molecule has 0 aromatic carbocycles. The molecule has 1 saturated heterocycles. The van der Waals surface area contributed by atoms with Gasteiger partial charge in [-0.15, -0.1) is 0 Å². The molecule has 0 radical (unpaired) electrons. The van der Waals surface area contributed by atoms with E-state index in [9.17, 15) is 4.39 Å². The van der Waals surface area contributed by atoms with Crippen LogP contribution in [-0.4, -0.2) is 36.1 Å². The summed E-state index contributed by atoms with van der Waals surface area (Å²) in [6.07, 6.45) is 1.00. The summed E-state index contributed by atoms with van der Waals surface area (Å²) in [7, 11) is 0. The molecule has 3 nitrogen and oxygen atoms in total. The second-order valence-corrected chi connectivity index (χ2v) is 7.05. The molecule has 116 valence electrons. The lowest BCUT2D eigenvalue weighted by molar-refractivity contribution is 0.276. The third-order valence-electron chi connectivity index (χ3n) is 3.81. The Morgan fingerprint density at radius 1 is 1.24 bits per heavy atom. The Balaban J connectivity index is 1.94. The number of rotatable bonds is 3. The van der Waals surface area contributed by atoms with Crippen molar-refractivity contribution in [2.24, 2.45) is 5.41 Å². The second kappa shape index (κ2) is 6.04. The molecule has 1 aromatic rings. The number of halogens is 1. The average molecular weight is 291 g/mol. The third-order valence-corrected chi connectivity index (χ3v) is 3.81. The molecule has 1 aromatic heterocycles. The van der Waals surface area contributed by atoms with E-state index in [0.29, 0.717) is 5.56 Å². The van der Waals surface area contributed by atoms with E-state index in [2.05, 4.69) is 42.1 Å². The molecule has 4 heteroatoms. The minimum absolute atomic E-state index is 0.260. The van der Waals surface area contributed by atoms with Crippen molar-refractivity contribution in [1.29, 1.82) is 0 Å². The van der Waals surface area contributed by atoms with Crippen molar-refractivity contribution < 1.29 is 4.39 Å². The van der Waals surface area contributed by atoms with E-state index >= 15 is 0 Å². The molecule has 1 aliphatic rings. The maximum Gasteiger partial charge on any atom is 0.217 e. The fraction of sp³-hybridized carbons (Fsp3) is 0.588. The van der Waals surface area contributed by atoms with Gasteiger partial charge in [-0.1, -0.05) is 33.4 Å². The van der Waals surface area contributed by atoms with Gasteiger partial charge in [0.25, 0.3) is 0 Å². The van der Waals surface area contributed by atoms with Crippen molar-refractivity contribution in [1.82, 2.24) is 9.88 Å². The highest BCUT2D eigenvalue weighted by molar-refractivity contribution is 5.40. The van der Waals surface area contributed by atoms with Gasteiger partial charge in [0.05, 0.1) is 0 Å². The van der Waals surface area contributed by atoms with Crippen LogP contribution in [-0.2, 0) is 0 Å². The third kappa shape index (κ3) is 4.19. The Morgan fingerprint density at radius 2 is 1.86 bits per heavy atom. The van der Waals surface area contributed by atoms with Gasteiger partial charge in [0.2, 0.25) is 5.95 Å². The lowest BCUT2D eigenvalue weighted by Gasteiger charge is -2.39. The highest BCUT2D eigenvalue weighted by Gasteiger charge is 2.22. The number of aromatic nitrogens is 1. The van der Waals surface area contributed by atoms with E-state index in [0.717, 1.165) is 38.4 Å². The standard InChI is InChI=1S/C17H26FN3/c1-13-6-7-15(19-16(13)18)21-10-8-20(9-11-21)14(2)12-17(3,4)5/h6-7H,2,8-12H2,1,3-5H3. The van der Waals surface area contributed by atoms with Crippen LogP contribution in [0.15, 0.2) is 24.4 Å². The molecule has 0 bridgehead atoms. The first-order valence-corrected chi connectivity index (χ1v) is 7.57. The minimum atomic E-state index is -0.368. The molecule has 0 amide bonds. The zero-order valence-corrected chi connectivity index (χ0v) is 13.6. The number of nitrogens with zero attached hydrogens (tertiary/aromatic N) is 3. The number of hydrogen-bond acceptors (Lipinski definition) is 3. The number of anilines is 1. The zero-order valence-electron chi connectivity index (χ0n) is 13.6. The molecule has 2 heterocycles. The van der Waals surface area contributed by atoms with Gasteiger partial charge in [-0.2, -0.15) is 4.39 Å². The van der Waals surface area contributed by atoms with Gasteiger partial charge in [0.1, 0.15) is 5.82 Å². The molecule has 1 aliphatic heterocycles. The van der Waals surface area contributed by atoms with Crippen LogP contribution in [0, 0.1) is 18.3 Å². The van der Waals surface area contributed by atoms with Gasteiger partial charge in [0, 0.05) is 37.4 Å². The van der Waals surface area contributed by atoms with Crippen LogP contribution in [0.2, 0.25) is 0 Å². The second-order valence-electron chi connectivity index (χ2n) is 7.05. The predicted molar refractivity (Wildman–Crippen MR) is 85.9 cm³/mol. The normalized spacial score (nSPS) is 16.2. The van der Waals surface area contributed by atoms with Crippen LogP contribution >= 0.6 is 0 Å². The van der Waals surface area contributed by atoms with E-state index in [1.54, 1.807) is 13.0 Å². The Kier molecular flexibility index (Phi) is 4.55. The lowest BCUT2D eigenvalue weighted by Crippen LogP contribution is -2.46. The molecule has 0 saturated carbocycles. The van der Waals surface area contributed by atoms with Crippen LogP contribution < -0.4 is 4.90 Å². The van der Waals surface area contributed by atoms with Crippen molar-refractivity contribution in [3.63, 3.8) is 0 Å². The Morgan fingerprint density at radius 3 is 2.38 bits per heavy atom. The zero-order chi connectivity index (χ0) is 15.6. The maximum absolute atomic E-state index is 13.6. The smallest absolute Gasteiger partial charge is 0.217 e. The SMILES string of the molecule is C=C(CC(C)(C)C)N1CCN(c2ccc(C)c(F)n2)CC1. The quantitative estimate of drug-likeness (QED) is 0.793. The van der Waals surface area contributed by atoms with E-state index < -0.39 is 0 Å². The van der Waals surface area contributed by atoms with E-state index in [1.165, 1.54) is 5.70 Å². The predicted octanol–water partition coefficient (Wildman–Crippen LogP) is 3.60. The molecule has 0 aliphatic carbocycles. The summed E-state index contributed by atoms with van der Waals surface area (Å²) in [5.41, 5.74) is 2.05. The highest BCUT2D eigenvalue weighted by Crippen LogP contribution is 2.26. The first kappa shape index (κ1) is 15.8. The van der Waals surface area contributed by atoms with E-state index in [4.69, 9.17) is 0 Å². The first-order valence-electron chi connectivity index (χ1n) is 7.57. The van der Waals surface area contributed by atoms with Gasteiger partial charge in [0.15, 0.2) is 0 Å². The molecule has 21 heavy (non-hydrogen) atoms. The number of hydrogen-bond donors (Lipinski definition) is 0. The van der Waals surface area contributed by atoms with Crippen LogP contribution in [0.5, 0.6) is 0 Å². The van der Waals surface area contributed by atoms with Crippen LogP contribution in [0.4, 0.5) is 10.2 Å². The summed E-state index contributed by atoms with van der Waals surface area (Å²) in [5, 5.41) is 0. The Labute approximate surface area is 127 Å². The maximum atomic E-state index is 13.6. The summed E-state index contributed by atoms with van der Waals surface area (Å²) in [6, 6.07) is 3.70. The number of piperazine rings is 1. The summed E-state index contributed by atoms with van der Waals surface area (Å²) in [6.45, 7) is 16.2. The van der Waals surface area contributed by atoms with Crippen molar-refractivity contribution in [2.45, 2.75) is 34.1 Å². The van der Waals surface area contributed by atoms with Gasteiger partial charge < -0.3 is 9.80 Å². The molecule has 2 rings (SSSR count). The monoisotopic (exact) mass is 291 g/mol. The van der Waals surface area contributed by atoms with Gasteiger partial charge in [-0.25, -0.2) is 4.98 Å². The largest absolute Gasteiger partial charge is 0.372 e. The molecule has 0 spiro atoms. The number of aryl methyl sites for hydroxylation is 1. The van der Waals surface area contributed by atoms with Gasteiger partial charge in [-0.05, 0) is 24.8 Å². The highest BCUT2D eigenvalue weighted by atomic mass is 19.1. The fourth-order valence-electron chi connectivity index (χ4n) is 2.65. The molecule has 0 unspecified atom stereocenters. The lowest BCUT2D eigenvalue weighted by atomic mass is 9.90. The molecular weight excluding hydrogens is 265 g/mol. The average Bonchev–Trinajstić information content (AvgIpc) is 2.40. The van der Waals surface area contributed by atoms with E-state index in [-0.39, 0.29) is 11.4 Å². The summed E-state index contributed by atoms with van der Waals surface area (Å²) in [4.78, 5) is 8.53. The molecule has 1 fully saturated rings. The van der Waals surface area contributed by atoms with Gasteiger partial charge >= 0.3 is 0 Å². The molecular formula is C17H26FN3. The topological polar surface area (TPSA) is 19.4 Å². The molecule has 0 atom stereocenters. The van der Waals surface area contributed by atoms with Crippen LogP contribution in [0.3, 0.4) is 0 Å². The summed E-state index contributed by atoms with van der Waals surface area (Å²) < 4.78 is 13.6. The van der Waals surface area contributed by atoms with Crippen molar-refractivity contribution in [3.8, 4) is 0 Å². The van der Waals surface area contributed by atoms with E-state index in [1.807, 2.05) is 6.07 Å². The van der Waals surface area contributed by atoms with Crippen LogP contribution in [0.1, 0.15) is 32.8 Å². The minimum Gasteiger partial charge on any atom is -0.372 e.